The summed E-state index contributed by atoms with van der Waals surface area (Å²) in [5.74, 6) is 0.634. The molecule has 0 aliphatic rings. The van der Waals surface area contributed by atoms with Crippen LogP contribution in [0.25, 0.3) is 17.4 Å². The molecule has 0 aliphatic heterocycles. The van der Waals surface area contributed by atoms with Gasteiger partial charge in [-0.1, -0.05) is 40.2 Å². The fraction of sp³-hybridized carbons (Fsp3) is 0. The number of halogens is 2. The highest BCUT2D eigenvalue weighted by atomic mass is 127. The largest absolute Gasteiger partial charge is 0.457 e. The van der Waals surface area contributed by atoms with Gasteiger partial charge in [-0.05, 0) is 59.0 Å². The first-order valence-corrected chi connectivity index (χ1v) is 9.47. The maximum atomic E-state index is 12.4. The van der Waals surface area contributed by atoms with Gasteiger partial charge in [0, 0.05) is 19.7 Å². The Morgan fingerprint density at radius 2 is 1.85 bits per heavy atom. The predicted molar refractivity (Wildman–Crippen MR) is 113 cm³/mol. The Balaban J connectivity index is 1.81. The minimum absolute atomic E-state index is 0.0265. The second-order valence-corrected chi connectivity index (χ2v) is 7.39. The monoisotopic (exact) mass is 518 g/mol. The summed E-state index contributed by atoms with van der Waals surface area (Å²) in [5.41, 5.74) is 1.55. The van der Waals surface area contributed by atoms with Gasteiger partial charge >= 0.3 is 0 Å². The summed E-state index contributed by atoms with van der Waals surface area (Å²) in [4.78, 5) is 12.4. The number of nitrogens with zero attached hydrogens (tertiary/aromatic N) is 1. The topological polar surface area (TPSA) is 66.0 Å². The van der Waals surface area contributed by atoms with Gasteiger partial charge in [0.2, 0.25) is 0 Å². The van der Waals surface area contributed by atoms with Gasteiger partial charge in [-0.15, -0.1) is 0 Å². The van der Waals surface area contributed by atoms with Gasteiger partial charge in [0.1, 0.15) is 23.2 Å². The Morgan fingerprint density at radius 1 is 1.12 bits per heavy atom. The molecule has 0 saturated heterocycles. The number of benzene rings is 2. The van der Waals surface area contributed by atoms with Crippen LogP contribution in [0.5, 0.6) is 0 Å². The minimum atomic E-state index is -0.474. The molecule has 26 heavy (non-hydrogen) atoms. The van der Waals surface area contributed by atoms with Crippen molar-refractivity contribution in [1.29, 1.82) is 5.26 Å². The summed E-state index contributed by atoms with van der Waals surface area (Å²) in [6, 6.07) is 20.5. The first-order valence-electron chi connectivity index (χ1n) is 7.60. The van der Waals surface area contributed by atoms with E-state index in [2.05, 4.69) is 43.8 Å². The number of rotatable bonds is 4. The molecular formula is C20H12BrIN2O2. The number of para-hydroxylation sites is 1. The molecule has 0 saturated carbocycles. The van der Waals surface area contributed by atoms with Crippen LogP contribution in [-0.4, -0.2) is 5.91 Å². The van der Waals surface area contributed by atoms with Crippen LogP contribution in [0.1, 0.15) is 5.76 Å². The molecule has 1 amide bonds. The SMILES string of the molecule is N#C/C(=C/c1ccc(-c2ccc(Br)cc2)o1)C(=O)Nc1ccccc1I. The number of nitrogens with one attached hydrogen (secondary N) is 1. The van der Waals surface area contributed by atoms with Crippen molar-refractivity contribution in [2.75, 3.05) is 5.32 Å². The van der Waals surface area contributed by atoms with Crippen LogP contribution in [0, 0.1) is 14.9 Å². The van der Waals surface area contributed by atoms with Gasteiger partial charge < -0.3 is 9.73 Å². The number of hydrogen-bond donors (Lipinski definition) is 1. The van der Waals surface area contributed by atoms with E-state index in [1.165, 1.54) is 6.08 Å². The molecule has 1 aromatic heterocycles. The number of carbonyl (C=O) groups excluding carboxylic acids is 1. The Morgan fingerprint density at radius 3 is 2.54 bits per heavy atom. The number of amides is 1. The average Bonchev–Trinajstić information content (AvgIpc) is 3.10. The van der Waals surface area contributed by atoms with Gasteiger partial charge in [0.05, 0.1) is 5.69 Å². The van der Waals surface area contributed by atoms with Crippen LogP contribution in [0.15, 0.2) is 75.1 Å². The highest BCUT2D eigenvalue weighted by molar-refractivity contribution is 14.1. The van der Waals surface area contributed by atoms with Gasteiger partial charge in [-0.25, -0.2) is 0 Å². The Bertz CT molecular complexity index is 1020. The summed E-state index contributed by atoms with van der Waals surface area (Å²) in [5, 5.41) is 12.1. The van der Waals surface area contributed by atoms with Gasteiger partial charge in [-0.2, -0.15) is 5.26 Å². The van der Waals surface area contributed by atoms with Crippen LogP contribution >= 0.6 is 38.5 Å². The van der Waals surface area contributed by atoms with Gasteiger partial charge in [0.25, 0.3) is 5.91 Å². The average molecular weight is 519 g/mol. The Hall–Kier alpha value is -2.37. The van der Waals surface area contributed by atoms with E-state index < -0.39 is 5.91 Å². The van der Waals surface area contributed by atoms with E-state index in [0.717, 1.165) is 13.6 Å². The fourth-order valence-corrected chi connectivity index (χ4v) is 3.03. The second kappa shape index (κ2) is 8.34. The van der Waals surface area contributed by atoms with Gasteiger partial charge in [-0.3, -0.25) is 4.79 Å². The number of anilines is 1. The summed E-state index contributed by atoms with van der Waals surface area (Å²) in [6.07, 6.45) is 1.44. The number of nitriles is 1. The zero-order valence-corrected chi connectivity index (χ0v) is 17.1. The lowest BCUT2D eigenvalue weighted by Gasteiger charge is -2.05. The predicted octanol–water partition coefficient (Wildman–Crippen LogP) is 5.86. The van der Waals surface area contributed by atoms with Crippen LogP contribution in [0.2, 0.25) is 0 Å². The highest BCUT2D eigenvalue weighted by Crippen LogP contribution is 2.25. The normalized spacial score (nSPS) is 11.0. The Labute approximate surface area is 172 Å². The summed E-state index contributed by atoms with van der Waals surface area (Å²) < 4.78 is 7.62. The lowest BCUT2D eigenvalue weighted by atomic mass is 10.2. The molecule has 0 aliphatic carbocycles. The molecule has 0 spiro atoms. The lowest BCUT2D eigenvalue weighted by Crippen LogP contribution is -2.14. The van der Waals surface area contributed by atoms with Crippen LogP contribution in [0.4, 0.5) is 5.69 Å². The van der Waals surface area contributed by atoms with E-state index >= 15 is 0 Å². The highest BCUT2D eigenvalue weighted by Gasteiger charge is 2.12. The second-order valence-electron chi connectivity index (χ2n) is 5.31. The van der Waals surface area contributed by atoms with Crippen molar-refractivity contribution in [3.8, 4) is 17.4 Å². The van der Waals surface area contributed by atoms with Crippen molar-refractivity contribution in [3.63, 3.8) is 0 Å². The lowest BCUT2D eigenvalue weighted by molar-refractivity contribution is -0.112. The van der Waals surface area contributed by atoms with E-state index in [0.29, 0.717) is 17.2 Å². The molecule has 3 aromatic rings. The number of carbonyl (C=O) groups is 1. The van der Waals surface area contributed by atoms with Crippen LogP contribution in [0.3, 0.4) is 0 Å². The standard InChI is InChI=1S/C20H12BrIN2O2/c21-15-7-5-13(6-8-15)19-10-9-16(26-19)11-14(12-23)20(25)24-18-4-2-1-3-17(18)22/h1-11H,(H,24,25)/b14-11-. The van der Waals surface area contributed by atoms with Crippen molar-refractivity contribution in [2.24, 2.45) is 0 Å². The first kappa shape index (κ1) is 18.4. The zero-order valence-electron chi connectivity index (χ0n) is 13.4. The van der Waals surface area contributed by atoms with E-state index in [1.54, 1.807) is 12.1 Å². The third-order valence-electron chi connectivity index (χ3n) is 3.53. The maximum Gasteiger partial charge on any atom is 0.266 e. The molecule has 0 bridgehead atoms. The maximum absolute atomic E-state index is 12.4. The minimum Gasteiger partial charge on any atom is -0.457 e. The van der Waals surface area contributed by atoms with E-state index in [4.69, 9.17) is 4.42 Å². The molecule has 4 nitrogen and oxygen atoms in total. The summed E-state index contributed by atoms with van der Waals surface area (Å²) >= 11 is 5.52. The molecule has 0 unspecified atom stereocenters. The van der Waals surface area contributed by atoms with Gasteiger partial charge in [0.15, 0.2) is 0 Å². The van der Waals surface area contributed by atoms with Crippen molar-refractivity contribution >= 4 is 56.2 Å². The van der Waals surface area contributed by atoms with Crippen molar-refractivity contribution in [2.45, 2.75) is 0 Å². The molecule has 0 radical (unpaired) electrons. The van der Waals surface area contributed by atoms with Crippen molar-refractivity contribution < 1.29 is 9.21 Å². The van der Waals surface area contributed by atoms with E-state index in [1.807, 2.05) is 54.6 Å². The molecule has 2 aromatic carbocycles. The molecule has 0 atom stereocenters. The molecule has 128 valence electrons. The van der Waals surface area contributed by atoms with E-state index in [9.17, 15) is 10.1 Å². The smallest absolute Gasteiger partial charge is 0.266 e. The fourth-order valence-electron chi connectivity index (χ4n) is 2.24. The summed E-state index contributed by atoms with van der Waals surface area (Å²) in [7, 11) is 0. The third-order valence-corrected chi connectivity index (χ3v) is 5.00. The molecule has 1 heterocycles. The van der Waals surface area contributed by atoms with Crippen LogP contribution < -0.4 is 5.32 Å². The quantitative estimate of drug-likeness (QED) is 0.267. The molecule has 1 N–H and O–H groups in total. The number of furan rings is 1. The molecule has 6 heteroatoms. The third kappa shape index (κ3) is 4.42. The number of hydrogen-bond acceptors (Lipinski definition) is 3. The van der Waals surface area contributed by atoms with Crippen molar-refractivity contribution in [1.82, 2.24) is 0 Å². The Kier molecular flexibility index (Phi) is 5.91. The summed E-state index contributed by atoms with van der Waals surface area (Å²) in [6.45, 7) is 0. The van der Waals surface area contributed by atoms with Crippen LogP contribution in [-0.2, 0) is 4.79 Å². The first-order chi connectivity index (χ1) is 12.6. The van der Waals surface area contributed by atoms with E-state index in [-0.39, 0.29) is 5.57 Å². The molecular weight excluding hydrogens is 507 g/mol. The zero-order chi connectivity index (χ0) is 18.5. The van der Waals surface area contributed by atoms with Crippen molar-refractivity contribution in [3.05, 3.63) is 80.0 Å². The molecule has 0 fully saturated rings. The molecule has 3 rings (SSSR count).